The number of carbonyl (C=O) groups excluding carboxylic acids is 1. The van der Waals surface area contributed by atoms with Crippen LogP contribution in [0.3, 0.4) is 0 Å². The van der Waals surface area contributed by atoms with Gasteiger partial charge in [0, 0.05) is 11.3 Å². The molecule has 1 saturated heterocycles. The molecule has 0 saturated carbocycles. The number of oxime groups is 1. The predicted octanol–water partition coefficient (Wildman–Crippen LogP) is -0.972. The van der Waals surface area contributed by atoms with E-state index in [-0.39, 0.29) is 11.1 Å². The third kappa shape index (κ3) is 1.38. The molecule has 86 valence electrons. The molecule has 0 bridgehead atoms. The standard InChI is InChI=1S/C8H9N3O4S/c9-4-6(12)11-5(8(13)14)3(1-10-15)2-16-7(4)11/h1,4,7,15H,2,9H2,(H,13,14)/t4-,7+/m1/s1. The lowest BCUT2D eigenvalue weighted by atomic mass is 10.0. The van der Waals surface area contributed by atoms with Gasteiger partial charge in [-0.1, -0.05) is 5.16 Å². The van der Waals surface area contributed by atoms with Crippen LogP contribution in [0.25, 0.3) is 0 Å². The van der Waals surface area contributed by atoms with Crippen LogP contribution in [-0.2, 0) is 9.59 Å². The van der Waals surface area contributed by atoms with Gasteiger partial charge in [-0.3, -0.25) is 9.69 Å². The summed E-state index contributed by atoms with van der Waals surface area (Å²) in [6.07, 6.45) is 1.03. The maximum atomic E-state index is 11.4. The number of nitrogens with zero attached hydrogens (tertiary/aromatic N) is 2. The van der Waals surface area contributed by atoms with Gasteiger partial charge in [0.05, 0.1) is 6.21 Å². The van der Waals surface area contributed by atoms with Crippen molar-refractivity contribution in [2.45, 2.75) is 11.4 Å². The number of amides is 1. The molecule has 2 aliphatic heterocycles. The molecule has 1 amide bonds. The van der Waals surface area contributed by atoms with Gasteiger partial charge in [-0.05, 0) is 0 Å². The maximum Gasteiger partial charge on any atom is 0.353 e. The number of carboxylic acid groups (broad SMARTS) is 1. The maximum absolute atomic E-state index is 11.4. The van der Waals surface area contributed by atoms with Gasteiger partial charge in [-0.25, -0.2) is 4.79 Å². The highest BCUT2D eigenvalue weighted by molar-refractivity contribution is 8.00. The molecule has 2 atom stereocenters. The van der Waals surface area contributed by atoms with Gasteiger partial charge in [-0.15, -0.1) is 11.8 Å². The number of hydrogen-bond donors (Lipinski definition) is 3. The van der Waals surface area contributed by atoms with E-state index in [2.05, 4.69) is 5.16 Å². The summed E-state index contributed by atoms with van der Waals surface area (Å²) in [4.78, 5) is 23.6. The fourth-order valence-electron chi connectivity index (χ4n) is 1.71. The summed E-state index contributed by atoms with van der Waals surface area (Å²) >= 11 is 1.35. The summed E-state index contributed by atoms with van der Waals surface area (Å²) in [7, 11) is 0. The summed E-state index contributed by atoms with van der Waals surface area (Å²) in [6.45, 7) is 0. The minimum Gasteiger partial charge on any atom is -0.477 e. The van der Waals surface area contributed by atoms with E-state index in [1.54, 1.807) is 0 Å². The minimum absolute atomic E-state index is 0.145. The van der Waals surface area contributed by atoms with E-state index < -0.39 is 17.9 Å². The highest BCUT2D eigenvalue weighted by Crippen LogP contribution is 2.38. The van der Waals surface area contributed by atoms with Crippen molar-refractivity contribution in [3.63, 3.8) is 0 Å². The van der Waals surface area contributed by atoms with Crippen LogP contribution >= 0.6 is 11.8 Å². The van der Waals surface area contributed by atoms with Crippen molar-refractivity contribution >= 4 is 29.9 Å². The molecule has 2 rings (SSSR count). The molecule has 0 spiro atoms. The van der Waals surface area contributed by atoms with Crippen LogP contribution in [0.5, 0.6) is 0 Å². The summed E-state index contributed by atoms with van der Waals surface area (Å²) in [5, 5.41) is 19.9. The van der Waals surface area contributed by atoms with Crippen molar-refractivity contribution in [3.05, 3.63) is 11.3 Å². The van der Waals surface area contributed by atoms with Gasteiger partial charge in [0.1, 0.15) is 17.1 Å². The third-order valence-electron chi connectivity index (χ3n) is 2.46. The lowest BCUT2D eigenvalue weighted by Crippen LogP contribution is -2.68. The lowest BCUT2D eigenvalue weighted by Gasteiger charge is -2.47. The van der Waals surface area contributed by atoms with E-state index in [1.807, 2.05) is 0 Å². The molecule has 0 radical (unpaired) electrons. The Kier molecular flexibility index (Phi) is 2.60. The fraction of sp³-hybridized carbons (Fsp3) is 0.375. The Bertz CT molecular complexity index is 420. The van der Waals surface area contributed by atoms with Crippen LogP contribution in [0, 0.1) is 0 Å². The van der Waals surface area contributed by atoms with Gasteiger partial charge in [0.25, 0.3) is 0 Å². The summed E-state index contributed by atoms with van der Waals surface area (Å²) in [5.41, 5.74) is 5.70. The fourth-order valence-corrected chi connectivity index (χ4v) is 2.95. The quantitative estimate of drug-likeness (QED) is 0.248. The average molecular weight is 243 g/mol. The smallest absolute Gasteiger partial charge is 0.353 e. The zero-order chi connectivity index (χ0) is 11.9. The Morgan fingerprint density at radius 3 is 2.94 bits per heavy atom. The zero-order valence-corrected chi connectivity index (χ0v) is 8.85. The summed E-state index contributed by atoms with van der Waals surface area (Å²) in [5.74, 6) is -1.28. The normalized spacial score (nSPS) is 29.3. The molecule has 8 heteroatoms. The van der Waals surface area contributed by atoms with E-state index in [0.717, 1.165) is 11.1 Å². The van der Waals surface area contributed by atoms with Gasteiger partial charge in [0.15, 0.2) is 0 Å². The largest absolute Gasteiger partial charge is 0.477 e. The number of carbonyl (C=O) groups is 2. The van der Waals surface area contributed by atoms with Gasteiger partial charge in [0.2, 0.25) is 5.91 Å². The first-order chi connectivity index (χ1) is 7.57. The Morgan fingerprint density at radius 1 is 1.69 bits per heavy atom. The number of hydrogen-bond acceptors (Lipinski definition) is 6. The number of β-lactam (4-membered cyclic amide) rings is 1. The highest BCUT2D eigenvalue weighted by atomic mass is 32.2. The van der Waals surface area contributed by atoms with Crippen molar-refractivity contribution in [3.8, 4) is 0 Å². The Labute approximate surface area is 94.6 Å². The molecule has 0 aromatic carbocycles. The summed E-state index contributed by atoms with van der Waals surface area (Å²) < 4.78 is 0. The first-order valence-electron chi connectivity index (χ1n) is 4.42. The molecule has 7 nitrogen and oxygen atoms in total. The van der Waals surface area contributed by atoms with E-state index >= 15 is 0 Å². The minimum atomic E-state index is -1.22. The molecular weight excluding hydrogens is 234 g/mol. The summed E-state index contributed by atoms with van der Waals surface area (Å²) in [6, 6.07) is -0.646. The average Bonchev–Trinajstić information content (AvgIpc) is 2.27. The molecule has 0 aliphatic carbocycles. The Morgan fingerprint density at radius 2 is 2.38 bits per heavy atom. The van der Waals surface area contributed by atoms with Crippen molar-refractivity contribution in [1.82, 2.24) is 4.90 Å². The van der Waals surface area contributed by atoms with Gasteiger partial charge < -0.3 is 16.0 Å². The molecule has 1 fully saturated rings. The van der Waals surface area contributed by atoms with Gasteiger partial charge >= 0.3 is 5.97 Å². The number of rotatable bonds is 2. The second-order valence-electron chi connectivity index (χ2n) is 3.36. The highest BCUT2D eigenvalue weighted by Gasteiger charge is 2.51. The number of aliphatic carboxylic acids is 1. The second-order valence-corrected chi connectivity index (χ2v) is 4.46. The number of thioether (sulfide) groups is 1. The van der Waals surface area contributed by atoms with Crippen LogP contribution in [0.4, 0.5) is 0 Å². The molecule has 16 heavy (non-hydrogen) atoms. The molecule has 4 N–H and O–H groups in total. The topological polar surface area (TPSA) is 116 Å². The molecule has 2 aliphatic rings. The molecule has 0 aromatic rings. The lowest BCUT2D eigenvalue weighted by molar-refractivity contribution is -0.147. The van der Waals surface area contributed by atoms with E-state index in [4.69, 9.17) is 16.0 Å². The SMILES string of the molecule is N[C@@H]1C(=O)N2C(C(=O)O)=C(C=NO)CS[C@@H]12. The van der Waals surface area contributed by atoms with Crippen molar-refractivity contribution in [1.29, 1.82) is 0 Å². The number of nitrogens with two attached hydrogens (primary N) is 1. The molecule has 0 aromatic heterocycles. The third-order valence-corrected chi connectivity index (χ3v) is 3.78. The van der Waals surface area contributed by atoms with E-state index in [9.17, 15) is 9.59 Å². The van der Waals surface area contributed by atoms with Crippen LogP contribution in [0.2, 0.25) is 0 Å². The van der Waals surface area contributed by atoms with E-state index in [1.165, 1.54) is 11.8 Å². The molecular formula is C8H9N3O4S. The van der Waals surface area contributed by atoms with Crippen LogP contribution in [0.1, 0.15) is 0 Å². The van der Waals surface area contributed by atoms with Gasteiger partial charge in [-0.2, -0.15) is 0 Å². The molecule has 0 unspecified atom stereocenters. The van der Waals surface area contributed by atoms with Crippen molar-refractivity contribution in [2.24, 2.45) is 10.9 Å². The van der Waals surface area contributed by atoms with Crippen molar-refractivity contribution in [2.75, 3.05) is 5.75 Å². The van der Waals surface area contributed by atoms with Crippen molar-refractivity contribution < 1.29 is 19.9 Å². The predicted molar refractivity (Wildman–Crippen MR) is 56.0 cm³/mol. The molecule has 2 heterocycles. The van der Waals surface area contributed by atoms with Crippen LogP contribution < -0.4 is 5.73 Å². The first-order valence-corrected chi connectivity index (χ1v) is 5.47. The Balaban J connectivity index is 2.41. The number of fused-ring (bicyclic) bond motifs is 1. The number of carboxylic acids is 1. The first kappa shape index (κ1) is 11.0. The van der Waals surface area contributed by atoms with Crippen LogP contribution in [0.15, 0.2) is 16.4 Å². The monoisotopic (exact) mass is 243 g/mol. The van der Waals surface area contributed by atoms with Crippen LogP contribution in [-0.4, -0.2) is 50.5 Å². The van der Waals surface area contributed by atoms with E-state index in [0.29, 0.717) is 11.3 Å². The zero-order valence-electron chi connectivity index (χ0n) is 8.03. The Hall–Kier alpha value is -1.54. The second kappa shape index (κ2) is 3.80.